The molecular formula is C9H10N4O3. The fraction of sp³-hybridized carbons (Fsp3) is 0.222. The molecule has 0 fully saturated rings. The van der Waals surface area contributed by atoms with Crippen LogP contribution < -0.4 is 5.73 Å². The number of pyridine rings is 1. The highest BCUT2D eigenvalue weighted by molar-refractivity contribution is 5.67. The van der Waals surface area contributed by atoms with Gasteiger partial charge in [-0.1, -0.05) is 6.07 Å². The van der Waals surface area contributed by atoms with Crippen LogP contribution in [0.2, 0.25) is 0 Å². The Morgan fingerprint density at radius 3 is 3.06 bits per heavy atom. The number of aliphatic hydroxyl groups is 1. The van der Waals surface area contributed by atoms with Crippen molar-refractivity contribution in [2.24, 2.45) is 5.73 Å². The second kappa shape index (κ2) is 3.87. The normalized spacial score (nSPS) is 12.9. The van der Waals surface area contributed by atoms with Crippen LogP contribution in [0.25, 0.3) is 5.52 Å². The highest BCUT2D eigenvalue weighted by Gasteiger charge is 2.21. The summed E-state index contributed by atoms with van der Waals surface area (Å²) >= 11 is 0. The zero-order valence-electron chi connectivity index (χ0n) is 8.28. The molecule has 1 unspecified atom stereocenters. The van der Waals surface area contributed by atoms with Gasteiger partial charge in [0.1, 0.15) is 0 Å². The number of imidazole rings is 1. The first-order valence-electron chi connectivity index (χ1n) is 4.61. The molecule has 2 rings (SSSR count). The Bertz CT molecular complexity index is 537. The van der Waals surface area contributed by atoms with E-state index in [-0.39, 0.29) is 12.4 Å². The molecule has 84 valence electrons. The summed E-state index contributed by atoms with van der Waals surface area (Å²) in [6, 6.07) is 2.69. The zero-order chi connectivity index (χ0) is 11.7. The molecule has 7 heteroatoms. The van der Waals surface area contributed by atoms with Gasteiger partial charge in [-0.2, -0.15) is 0 Å². The van der Waals surface area contributed by atoms with Gasteiger partial charge >= 0.3 is 5.82 Å². The Hall–Kier alpha value is -1.99. The third kappa shape index (κ3) is 1.51. The molecule has 0 aliphatic rings. The lowest BCUT2D eigenvalue weighted by Gasteiger charge is -2.09. The van der Waals surface area contributed by atoms with Crippen molar-refractivity contribution >= 4 is 11.3 Å². The van der Waals surface area contributed by atoms with Crippen LogP contribution >= 0.6 is 0 Å². The van der Waals surface area contributed by atoms with Crippen LogP contribution in [0.15, 0.2) is 24.7 Å². The number of nitrogens with zero attached hydrogens (tertiary/aromatic N) is 3. The van der Waals surface area contributed by atoms with Crippen molar-refractivity contribution in [3.8, 4) is 0 Å². The Labute approximate surface area is 90.3 Å². The standard InChI is InChI=1S/C9H10N4O3/c10-7(4-14)6-2-1-3-12-5-11-9(8(6)12)13(15)16/h1-3,5,7,14H,4,10H2. The maximum Gasteiger partial charge on any atom is 0.389 e. The summed E-state index contributed by atoms with van der Waals surface area (Å²) in [6.07, 6.45) is 2.99. The average molecular weight is 222 g/mol. The number of fused-ring (bicyclic) bond motifs is 1. The van der Waals surface area contributed by atoms with E-state index in [1.807, 2.05) is 0 Å². The zero-order valence-corrected chi connectivity index (χ0v) is 8.28. The molecule has 3 N–H and O–H groups in total. The highest BCUT2D eigenvalue weighted by Crippen LogP contribution is 2.25. The minimum absolute atomic E-state index is 0.250. The van der Waals surface area contributed by atoms with Gasteiger partial charge in [-0.3, -0.25) is 4.40 Å². The highest BCUT2D eigenvalue weighted by atomic mass is 16.6. The van der Waals surface area contributed by atoms with Gasteiger partial charge in [0.2, 0.25) is 6.33 Å². The minimum Gasteiger partial charge on any atom is -0.394 e. The maximum absolute atomic E-state index is 10.8. The number of aromatic nitrogens is 2. The van der Waals surface area contributed by atoms with E-state index >= 15 is 0 Å². The second-order valence-corrected chi connectivity index (χ2v) is 3.33. The molecule has 0 bridgehead atoms. The van der Waals surface area contributed by atoms with Crippen LogP contribution in [-0.4, -0.2) is 26.0 Å². The summed E-state index contributed by atoms with van der Waals surface area (Å²) in [5.74, 6) is -0.250. The number of rotatable bonds is 3. The molecule has 0 saturated carbocycles. The Kier molecular flexibility index (Phi) is 2.55. The number of aliphatic hydroxyl groups excluding tert-OH is 1. The summed E-state index contributed by atoms with van der Waals surface area (Å²) < 4.78 is 1.52. The Morgan fingerprint density at radius 2 is 2.44 bits per heavy atom. The first kappa shape index (κ1) is 10.5. The predicted octanol–water partition coefficient (Wildman–Crippen LogP) is 0.235. The summed E-state index contributed by atoms with van der Waals surface area (Å²) in [5, 5.41) is 19.8. The fourth-order valence-electron chi connectivity index (χ4n) is 1.59. The lowest BCUT2D eigenvalue weighted by Crippen LogP contribution is -2.15. The van der Waals surface area contributed by atoms with Crippen molar-refractivity contribution in [1.29, 1.82) is 0 Å². The number of nitro groups is 1. The van der Waals surface area contributed by atoms with Crippen LogP contribution in [-0.2, 0) is 0 Å². The molecule has 2 aromatic heterocycles. The smallest absolute Gasteiger partial charge is 0.389 e. The maximum atomic E-state index is 10.8. The van der Waals surface area contributed by atoms with Gasteiger partial charge in [0.05, 0.1) is 12.6 Å². The van der Waals surface area contributed by atoms with Crippen molar-refractivity contribution in [3.05, 3.63) is 40.3 Å². The summed E-state index contributed by atoms with van der Waals surface area (Å²) in [6.45, 7) is -0.276. The third-order valence-corrected chi connectivity index (χ3v) is 2.34. The molecule has 16 heavy (non-hydrogen) atoms. The van der Waals surface area contributed by atoms with E-state index in [0.717, 1.165) is 0 Å². The summed E-state index contributed by atoms with van der Waals surface area (Å²) in [5.41, 5.74) is 6.51. The predicted molar refractivity (Wildman–Crippen MR) is 55.9 cm³/mol. The van der Waals surface area contributed by atoms with Gasteiger partial charge in [-0.05, 0) is 16.0 Å². The van der Waals surface area contributed by atoms with Gasteiger partial charge in [0.15, 0.2) is 5.52 Å². The second-order valence-electron chi connectivity index (χ2n) is 3.33. The molecule has 1 atom stereocenters. The van der Waals surface area contributed by atoms with Crippen LogP contribution in [0.3, 0.4) is 0 Å². The van der Waals surface area contributed by atoms with Crippen molar-refractivity contribution in [3.63, 3.8) is 0 Å². The van der Waals surface area contributed by atoms with E-state index in [1.54, 1.807) is 18.3 Å². The first-order valence-corrected chi connectivity index (χ1v) is 4.61. The van der Waals surface area contributed by atoms with Gasteiger partial charge in [-0.15, -0.1) is 0 Å². The number of nitrogens with two attached hydrogens (primary N) is 1. The quantitative estimate of drug-likeness (QED) is 0.571. The fourth-order valence-corrected chi connectivity index (χ4v) is 1.59. The van der Waals surface area contributed by atoms with Crippen molar-refractivity contribution in [1.82, 2.24) is 9.38 Å². The van der Waals surface area contributed by atoms with Crippen molar-refractivity contribution < 1.29 is 10.0 Å². The minimum atomic E-state index is -0.654. The van der Waals surface area contributed by atoms with Gasteiger partial charge in [-0.25, -0.2) is 0 Å². The molecule has 0 spiro atoms. The molecule has 0 saturated heterocycles. The van der Waals surface area contributed by atoms with Crippen molar-refractivity contribution in [2.45, 2.75) is 6.04 Å². The van der Waals surface area contributed by atoms with Crippen LogP contribution in [0.5, 0.6) is 0 Å². The lowest BCUT2D eigenvalue weighted by atomic mass is 10.1. The third-order valence-electron chi connectivity index (χ3n) is 2.34. The summed E-state index contributed by atoms with van der Waals surface area (Å²) in [4.78, 5) is 13.9. The molecule has 2 heterocycles. The van der Waals surface area contributed by atoms with E-state index in [1.165, 1.54) is 10.7 Å². The van der Waals surface area contributed by atoms with E-state index in [4.69, 9.17) is 10.8 Å². The molecule has 0 amide bonds. The largest absolute Gasteiger partial charge is 0.394 e. The molecule has 2 aromatic rings. The summed E-state index contributed by atoms with van der Waals surface area (Å²) in [7, 11) is 0. The van der Waals surface area contributed by atoms with Gasteiger partial charge in [0, 0.05) is 11.8 Å². The van der Waals surface area contributed by atoms with Crippen LogP contribution in [0, 0.1) is 10.1 Å². The SMILES string of the molecule is NC(CO)c1cccn2cnc([N+](=O)[O-])c12. The van der Waals surface area contributed by atoms with Crippen LogP contribution in [0.4, 0.5) is 5.82 Å². The Morgan fingerprint density at radius 1 is 1.69 bits per heavy atom. The molecule has 0 aliphatic heterocycles. The lowest BCUT2D eigenvalue weighted by molar-refractivity contribution is -0.387. The molecule has 0 radical (unpaired) electrons. The van der Waals surface area contributed by atoms with Crippen LogP contribution in [0.1, 0.15) is 11.6 Å². The van der Waals surface area contributed by atoms with Gasteiger partial charge in [0.25, 0.3) is 0 Å². The number of hydrogen-bond donors (Lipinski definition) is 2. The van der Waals surface area contributed by atoms with Gasteiger partial charge < -0.3 is 21.0 Å². The number of hydrogen-bond acceptors (Lipinski definition) is 5. The van der Waals surface area contributed by atoms with E-state index in [0.29, 0.717) is 11.1 Å². The van der Waals surface area contributed by atoms with Crippen molar-refractivity contribution in [2.75, 3.05) is 6.61 Å². The van der Waals surface area contributed by atoms with E-state index in [2.05, 4.69) is 4.98 Å². The van der Waals surface area contributed by atoms with E-state index in [9.17, 15) is 10.1 Å². The Balaban J connectivity index is 2.73. The topological polar surface area (TPSA) is 107 Å². The monoisotopic (exact) mass is 222 g/mol. The molecule has 7 nitrogen and oxygen atoms in total. The molecule has 0 aliphatic carbocycles. The van der Waals surface area contributed by atoms with E-state index < -0.39 is 11.0 Å². The first-order chi connectivity index (χ1) is 7.65. The average Bonchev–Trinajstić information content (AvgIpc) is 2.71. The molecular weight excluding hydrogens is 212 g/mol. The molecule has 0 aromatic carbocycles.